The molecule has 1 saturated heterocycles. The number of methoxy groups -OCH3 is 1. The van der Waals surface area contributed by atoms with Gasteiger partial charge >= 0.3 is 0 Å². The van der Waals surface area contributed by atoms with E-state index in [1.54, 1.807) is 30.3 Å². The van der Waals surface area contributed by atoms with Gasteiger partial charge in [0.1, 0.15) is 6.61 Å². The minimum Gasteiger partial charge on any atom is -0.493 e. The van der Waals surface area contributed by atoms with Gasteiger partial charge < -0.3 is 14.8 Å². The van der Waals surface area contributed by atoms with Crippen molar-refractivity contribution >= 4 is 85.3 Å². The molecular formula is C26H20BrCl3N2O3S. The summed E-state index contributed by atoms with van der Waals surface area (Å²) in [6.07, 6.45) is 1.73. The van der Waals surface area contributed by atoms with Crippen LogP contribution in [0.3, 0.4) is 0 Å². The summed E-state index contributed by atoms with van der Waals surface area (Å²) in [5, 5.41) is 4.58. The van der Waals surface area contributed by atoms with Crippen molar-refractivity contribution in [3.05, 3.63) is 89.2 Å². The van der Waals surface area contributed by atoms with Gasteiger partial charge in [0, 0.05) is 4.47 Å². The third-order valence-corrected chi connectivity index (χ3v) is 8.40. The summed E-state index contributed by atoms with van der Waals surface area (Å²) in [6, 6.07) is 12.6. The topological polar surface area (TPSA) is 59.9 Å². The van der Waals surface area contributed by atoms with E-state index in [1.807, 2.05) is 32.0 Å². The molecule has 5 nitrogen and oxygen atoms in total. The molecule has 3 aromatic carbocycles. The van der Waals surface area contributed by atoms with Crippen LogP contribution in [0.15, 0.2) is 56.8 Å². The second kappa shape index (κ2) is 11.5. The van der Waals surface area contributed by atoms with Crippen LogP contribution in [0.4, 0.5) is 5.69 Å². The zero-order valence-corrected chi connectivity index (χ0v) is 24.1. The van der Waals surface area contributed by atoms with Crippen molar-refractivity contribution in [2.75, 3.05) is 7.11 Å². The molecule has 0 saturated carbocycles. The van der Waals surface area contributed by atoms with Crippen molar-refractivity contribution < 1.29 is 14.3 Å². The third kappa shape index (κ3) is 6.21. The highest BCUT2D eigenvalue weighted by atomic mass is 79.9. The lowest BCUT2D eigenvalue weighted by atomic mass is 10.1. The fraction of sp³-hybridized carbons (Fsp3) is 0.154. The van der Waals surface area contributed by atoms with Crippen molar-refractivity contribution in [2.24, 2.45) is 4.99 Å². The molecule has 1 aliphatic rings. The van der Waals surface area contributed by atoms with Crippen molar-refractivity contribution in [3.63, 3.8) is 0 Å². The Hall–Kier alpha value is -2.16. The van der Waals surface area contributed by atoms with Crippen LogP contribution in [0, 0.1) is 13.8 Å². The minimum atomic E-state index is -0.237. The van der Waals surface area contributed by atoms with Crippen LogP contribution in [-0.2, 0) is 11.4 Å². The first-order valence-electron chi connectivity index (χ1n) is 10.6. The number of aryl methyl sites for hydroxylation is 2. The first-order chi connectivity index (χ1) is 17.1. The van der Waals surface area contributed by atoms with E-state index >= 15 is 0 Å². The standard InChI is InChI=1S/C26H20BrCl3N2O3S/c1-13-6-17(7-14(2)23(13)27)31-26-32-25(33)22(36-26)11-16-9-20(30)24(21(10-16)34-3)35-12-15-4-5-18(28)19(29)8-15/h4-11H,12H2,1-3H3,(H,31,32,33)/b22-11-. The second-order valence-electron chi connectivity index (χ2n) is 7.95. The van der Waals surface area contributed by atoms with E-state index in [4.69, 9.17) is 44.3 Å². The lowest BCUT2D eigenvalue weighted by Gasteiger charge is -2.14. The van der Waals surface area contributed by atoms with Gasteiger partial charge in [-0.1, -0.05) is 56.8 Å². The number of carbonyl (C=O) groups is 1. The van der Waals surface area contributed by atoms with Gasteiger partial charge in [-0.2, -0.15) is 0 Å². The lowest BCUT2D eigenvalue weighted by Crippen LogP contribution is -2.19. The third-order valence-electron chi connectivity index (χ3n) is 5.22. The summed E-state index contributed by atoms with van der Waals surface area (Å²) in [6.45, 7) is 4.23. The number of aliphatic imine (C=N–C) groups is 1. The summed E-state index contributed by atoms with van der Waals surface area (Å²) < 4.78 is 12.5. The van der Waals surface area contributed by atoms with Crippen LogP contribution in [0.25, 0.3) is 6.08 Å². The van der Waals surface area contributed by atoms with Crippen LogP contribution in [-0.4, -0.2) is 18.2 Å². The average Bonchev–Trinajstić information content (AvgIpc) is 3.16. The summed E-state index contributed by atoms with van der Waals surface area (Å²) in [5.41, 5.74) is 4.43. The van der Waals surface area contributed by atoms with Gasteiger partial charge in [-0.15, -0.1) is 0 Å². The number of benzene rings is 3. The Bertz CT molecular complexity index is 1400. The Balaban J connectivity index is 1.54. The molecule has 1 aliphatic heterocycles. The number of amidine groups is 1. The smallest absolute Gasteiger partial charge is 0.264 e. The molecule has 1 amide bonds. The number of carbonyl (C=O) groups excluding carboxylic acids is 1. The molecule has 1 heterocycles. The first kappa shape index (κ1) is 26.9. The summed E-state index contributed by atoms with van der Waals surface area (Å²) >= 11 is 23.4. The maximum atomic E-state index is 12.6. The van der Waals surface area contributed by atoms with E-state index in [9.17, 15) is 4.79 Å². The van der Waals surface area contributed by atoms with Crippen LogP contribution in [0.5, 0.6) is 11.5 Å². The molecule has 1 fully saturated rings. The van der Waals surface area contributed by atoms with Gasteiger partial charge in [0.2, 0.25) is 0 Å². The molecule has 10 heteroatoms. The van der Waals surface area contributed by atoms with E-state index in [-0.39, 0.29) is 12.5 Å². The largest absolute Gasteiger partial charge is 0.493 e. The summed E-state index contributed by atoms with van der Waals surface area (Å²) in [4.78, 5) is 17.7. The zero-order valence-electron chi connectivity index (χ0n) is 19.4. The number of nitrogens with one attached hydrogen (secondary N) is 1. The first-order valence-corrected chi connectivity index (χ1v) is 13.4. The van der Waals surface area contributed by atoms with Crippen LogP contribution >= 0.6 is 62.5 Å². The van der Waals surface area contributed by atoms with E-state index in [1.165, 1.54) is 18.9 Å². The van der Waals surface area contributed by atoms with Crippen molar-refractivity contribution in [1.29, 1.82) is 0 Å². The Kier molecular flexibility index (Phi) is 8.58. The normalized spacial score (nSPS) is 15.5. The number of ether oxygens (including phenoxy) is 2. The maximum Gasteiger partial charge on any atom is 0.264 e. The number of hydrogen-bond donors (Lipinski definition) is 1. The van der Waals surface area contributed by atoms with Gasteiger partial charge in [-0.25, -0.2) is 4.99 Å². The highest BCUT2D eigenvalue weighted by Crippen LogP contribution is 2.39. The molecule has 0 aromatic heterocycles. The van der Waals surface area contributed by atoms with Gasteiger partial charge in [0.05, 0.1) is 32.8 Å². The maximum absolute atomic E-state index is 12.6. The Labute approximate surface area is 237 Å². The van der Waals surface area contributed by atoms with Crippen LogP contribution < -0.4 is 14.8 Å². The van der Waals surface area contributed by atoms with E-state index in [2.05, 4.69) is 26.2 Å². The number of thioether (sulfide) groups is 1. The Morgan fingerprint density at radius 1 is 1.03 bits per heavy atom. The highest BCUT2D eigenvalue weighted by molar-refractivity contribution is 9.10. The molecule has 0 aliphatic carbocycles. The highest BCUT2D eigenvalue weighted by Gasteiger charge is 2.24. The van der Waals surface area contributed by atoms with Gasteiger partial charge in [0.25, 0.3) is 5.91 Å². The van der Waals surface area contributed by atoms with Gasteiger partial charge in [0.15, 0.2) is 16.7 Å². The molecule has 4 rings (SSSR count). The number of amides is 1. The predicted molar refractivity (Wildman–Crippen MR) is 153 cm³/mol. The molecule has 0 unspecified atom stereocenters. The van der Waals surface area contributed by atoms with Crippen molar-refractivity contribution in [2.45, 2.75) is 20.5 Å². The van der Waals surface area contributed by atoms with Gasteiger partial charge in [-0.3, -0.25) is 4.79 Å². The molecular weight excluding hydrogens is 607 g/mol. The van der Waals surface area contributed by atoms with Crippen LogP contribution in [0.1, 0.15) is 22.3 Å². The average molecular weight is 627 g/mol. The molecule has 0 radical (unpaired) electrons. The Morgan fingerprint density at radius 2 is 1.75 bits per heavy atom. The second-order valence-corrected chi connectivity index (χ2v) is 11.0. The predicted octanol–water partition coefficient (Wildman–Crippen LogP) is 8.51. The number of nitrogens with zero attached hydrogens (tertiary/aromatic N) is 1. The molecule has 0 spiro atoms. The van der Waals surface area contributed by atoms with Crippen LogP contribution in [0.2, 0.25) is 15.1 Å². The van der Waals surface area contributed by atoms with E-state index in [0.29, 0.717) is 42.2 Å². The molecule has 186 valence electrons. The number of hydrogen-bond acceptors (Lipinski definition) is 5. The molecule has 36 heavy (non-hydrogen) atoms. The van der Waals surface area contributed by atoms with Crippen molar-refractivity contribution in [3.8, 4) is 11.5 Å². The molecule has 3 aromatic rings. The molecule has 0 bridgehead atoms. The fourth-order valence-corrected chi connectivity index (χ4v) is 5.15. The van der Waals surface area contributed by atoms with E-state index in [0.717, 1.165) is 26.9 Å². The number of halogens is 4. The minimum absolute atomic E-state index is 0.223. The zero-order chi connectivity index (χ0) is 26.0. The monoisotopic (exact) mass is 624 g/mol. The fourth-order valence-electron chi connectivity index (χ4n) is 3.48. The molecule has 0 atom stereocenters. The SMILES string of the molecule is COc1cc(/C=C2\SC(=Nc3cc(C)c(Br)c(C)c3)NC2=O)cc(Cl)c1OCc1ccc(Cl)c(Cl)c1. The summed E-state index contributed by atoms with van der Waals surface area (Å²) in [5.74, 6) is 0.589. The van der Waals surface area contributed by atoms with Gasteiger partial charge in [-0.05, 0) is 90.3 Å². The van der Waals surface area contributed by atoms with E-state index < -0.39 is 0 Å². The quantitative estimate of drug-likeness (QED) is 0.279. The Morgan fingerprint density at radius 3 is 2.42 bits per heavy atom. The molecule has 1 N–H and O–H groups in total. The lowest BCUT2D eigenvalue weighted by molar-refractivity contribution is -0.115. The summed E-state index contributed by atoms with van der Waals surface area (Å²) in [7, 11) is 1.53. The number of rotatable bonds is 6. The van der Waals surface area contributed by atoms with Crippen molar-refractivity contribution in [1.82, 2.24) is 5.32 Å².